The minimum absolute atomic E-state index is 0.0217. The predicted molar refractivity (Wildman–Crippen MR) is 75.8 cm³/mol. The van der Waals surface area contributed by atoms with Crippen LogP contribution in [0.3, 0.4) is 0 Å². The second-order valence-corrected chi connectivity index (χ2v) is 6.59. The van der Waals surface area contributed by atoms with Gasteiger partial charge in [-0.2, -0.15) is 8.42 Å². The summed E-state index contributed by atoms with van der Waals surface area (Å²) in [5.41, 5.74) is 0.453. The van der Waals surface area contributed by atoms with Crippen molar-refractivity contribution in [1.82, 2.24) is 9.97 Å². The second kappa shape index (κ2) is 5.05. The first kappa shape index (κ1) is 13.9. The van der Waals surface area contributed by atoms with Crippen LogP contribution in [0.15, 0.2) is 35.5 Å². The summed E-state index contributed by atoms with van der Waals surface area (Å²) in [5.74, 6) is 0.955. The van der Waals surface area contributed by atoms with Crippen molar-refractivity contribution in [3.05, 3.63) is 36.3 Å². The molecule has 7 nitrogen and oxygen atoms in total. The van der Waals surface area contributed by atoms with Gasteiger partial charge in [0.05, 0.1) is 25.0 Å². The lowest BCUT2D eigenvalue weighted by molar-refractivity contribution is 0.116. The Hall–Kier alpha value is -2.06. The maximum atomic E-state index is 12.7. The fourth-order valence-corrected chi connectivity index (χ4v) is 3.71. The molecule has 2 heterocycles. The van der Waals surface area contributed by atoms with Crippen molar-refractivity contribution in [1.29, 1.82) is 0 Å². The SMILES string of the molecule is Cc1ncc(S(=O)(=O)N2CC(CO)Oc3ccccc32)[nH]1. The number of anilines is 1. The van der Waals surface area contributed by atoms with Gasteiger partial charge in [-0.3, -0.25) is 4.31 Å². The Morgan fingerprint density at radius 1 is 1.48 bits per heavy atom. The van der Waals surface area contributed by atoms with Crippen molar-refractivity contribution in [3.8, 4) is 5.75 Å². The highest BCUT2D eigenvalue weighted by atomic mass is 32.2. The summed E-state index contributed by atoms with van der Waals surface area (Å²) < 4.78 is 32.3. The number of aliphatic hydroxyl groups excluding tert-OH is 1. The molecule has 0 aliphatic carbocycles. The fourth-order valence-electron chi connectivity index (χ4n) is 2.23. The van der Waals surface area contributed by atoms with Crippen LogP contribution in [0, 0.1) is 6.92 Å². The van der Waals surface area contributed by atoms with E-state index in [0.29, 0.717) is 17.3 Å². The molecule has 0 saturated heterocycles. The zero-order valence-corrected chi connectivity index (χ0v) is 12.2. The van der Waals surface area contributed by atoms with E-state index in [0.717, 1.165) is 0 Å². The second-order valence-electron chi connectivity index (χ2n) is 4.76. The summed E-state index contributed by atoms with van der Waals surface area (Å²) in [6, 6.07) is 6.84. The lowest BCUT2D eigenvalue weighted by atomic mass is 10.2. The number of aliphatic hydroxyl groups is 1. The fraction of sp³-hybridized carbons (Fsp3) is 0.308. The standard InChI is InChI=1S/C13H15N3O4S/c1-9-14-6-13(15-9)21(18,19)16-7-10(8-17)20-12-5-3-2-4-11(12)16/h2-6,10,17H,7-8H2,1H3,(H,14,15). The normalized spacial score (nSPS) is 18.2. The average Bonchev–Trinajstić information content (AvgIpc) is 2.93. The Morgan fingerprint density at radius 2 is 2.24 bits per heavy atom. The maximum Gasteiger partial charge on any atom is 0.281 e. The van der Waals surface area contributed by atoms with Crippen LogP contribution in [0.1, 0.15) is 5.82 Å². The molecule has 1 aliphatic heterocycles. The van der Waals surface area contributed by atoms with Crippen molar-refractivity contribution in [3.63, 3.8) is 0 Å². The highest BCUT2D eigenvalue weighted by Crippen LogP contribution is 2.36. The number of nitrogens with zero attached hydrogens (tertiary/aromatic N) is 2. The molecule has 1 unspecified atom stereocenters. The Bertz CT molecular complexity index is 756. The van der Waals surface area contributed by atoms with E-state index in [4.69, 9.17) is 4.74 Å². The number of rotatable bonds is 3. The molecule has 1 aliphatic rings. The minimum atomic E-state index is -3.77. The van der Waals surface area contributed by atoms with E-state index < -0.39 is 16.1 Å². The predicted octanol–water partition coefficient (Wildman–Crippen LogP) is 0.667. The van der Waals surface area contributed by atoms with E-state index in [1.807, 2.05) is 0 Å². The van der Waals surface area contributed by atoms with Crippen LogP contribution in [-0.4, -0.2) is 42.7 Å². The van der Waals surface area contributed by atoms with Gasteiger partial charge in [-0.1, -0.05) is 12.1 Å². The van der Waals surface area contributed by atoms with Crippen molar-refractivity contribution in [2.24, 2.45) is 0 Å². The summed E-state index contributed by atoms with van der Waals surface area (Å²) >= 11 is 0. The topological polar surface area (TPSA) is 95.5 Å². The first-order valence-corrected chi connectivity index (χ1v) is 7.87. The largest absolute Gasteiger partial charge is 0.484 e. The first-order chi connectivity index (χ1) is 10.0. The van der Waals surface area contributed by atoms with Crippen molar-refractivity contribution in [2.75, 3.05) is 17.5 Å². The number of aromatic amines is 1. The van der Waals surface area contributed by atoms with Crippen LogP contribution in [0.2, 0.25) is 0 Å². The molecule has 112 valence electrons. The van der Waals surface area contributed by atoms with Gasteiger partial charge in [0.2, 0.25) is 0 Å². The molecule has 0 radical (unpaired) electrons. The molecule has 1 atom stereocenters. The molecule has 0 bridgehead atoms. The Morgan fingerprint density at radius 3 is 2.90 bits per heavy atom. The van der Waals surface area contributed by atoms with Gasteiger partial charge in [0.15, 0.2) is 5.03 Å². The summed E-state index contributed by atoms with van der Waals surface area (Å²) in [6.07, 6.45) is 0.690. The number of hydrogen-bond donors (Lipinski definition) is 2. The van der Waals surface area contributed by atoms with Gasteiger partial charge >= 0.3 is 0 Å². The molecule has 2 aromatic rings. The van der Waals surface area contributed by atoms with E-state index in [9.17, 15) is 13.5 Å². The molecule has 1 aromatic carbocycles. The molecule has 2 N–H and O–H groups in total. The molecule has 1 aromatic heterocycles. The van der Waals surface area contributed by atoms with Gasteiger partial charge in [-0.05, 0) is 19.1 Å². The third-order valence-corrected chi connectivity index (χ3v) is 4.94. The van der Waals surface area contributed by atoms with Gasteiger partial charge in [0.1, 0.15) is 17.7 Å². The van der Waals surface area contributed by atoms with E-state index >= 15 is 0 Å². The molecule has 0 saturated carbocycles. The summed E-state index contributed by atoms with van der Waals surface area (Å²) in [7, 11) is -3.77. The summed E-state index contributed by atoms with van der Waals surface area (Å²) in [4.78, 5) is 6.66. The Balaban J connectivity index is 2.09. The number of ether oxygens (including phenoxy) is 1. The number of aryl methyl sites for hydroxylation is 1. The number of fused-ring (bicyclic) bond motifs is 1. The first-order valence-electron chi connectivity index (χ1n) is 6.43. The van der Waals surface area contributed by atoms with E-state index in [2.05, 4.69) is 9.97 Å². The van der Waals surface area contributed by atoms with Crippen LogP contribution < -0.4 is 9.04 Å². The molecule has 3 rings (SSSR count). The highest BCUT2D eigenvalue weighted by Gasteiger charge is 2.35. The Labute approximate surface area is 122 Å². The lowest BCUT2D eigenvalue weighted by Gasteiger charge is -2.34. The van der Waals surface area contributed by atoms with E-state index in [1.165, 1.54) is 10.5 Å². The minimum Gasteiger partial charge on any atom is -0.484 e. The zero-order chi connectivity index (χ0) is 15.0. The van der Waals surface area contributed by atoms with E-state index in [1.54, 1.807) is 31.2 Å². The molecule has 0 fully saturated rings. The average molecular weight is 309 g/mol. The van der Waals surface area contributed by atoms with Crippen LogP contribution in [-0.2, 0) is 10.0 Å². The molecule has 8 heteroatoms. The summed E-state index contributed by atoms with van der Waals surface area (Å²) in [6.45, 7) is 1.47. The number of benzene rings is 1. The van der Waals surface area contributed by atoms with Crippen LogP contribution in [0.25, 0.3) is 0 Å². The number of imidazole rings is 1. The number of para-hydroxylation sites is 2. The number of sulfonamides is 1. The van der Waals surface area contributed by atoms with Crippen LogP contribution in [0.5, 0.6) is 5.75 Å². The maximum absolute atomic E-state index is 12.7. The van der Waals surface area contributed by atoms with Gasteiger partial charge < -0.3 is 14.8 Å². The number of hydrogen-bond acceptors (Lipinski definition) is 5. The van der Waals surface area contributed by atoms with E-state index in [-0.39, 0.29) is 18.2 Å². The third kappa shape index (κ3) is 2.36. The quantitative estimate of drug-likeness (QED) is 0.868. The smallest absolute Gasteiger partial charge is 0.281 e. The molecule has 21 heavy (non-hydrogen) atoms. The number of H-pyrrole nitrogens is 1. The molecular weight excluding hydrogens is 294 g/mol. The number of aromatic nitrogens is 2. The lowest BCUT2D eigenvalue weighted by Crippen LogP contribution is -2.45. The van der Waals surface area contributed by atoms with Gasteiger partial charge in [0.25, 0.3) is 10.0 Å². The molecule has 0 amide bonds. The zero-order valence-electron chi connectivity index (χ0n) is 11.4. The highest BCUT2D eigenvalue weighted by molar-refractivity contribution is 7.92. The van der Waals surface area contributed by atoms with Crippen molar-refractivity contribution >= 4 is 15.7 Å². The van der Waals surface area contributed by atoms with Gasteiger partial charge in [-0.25, -0.2) is 4.98 Å². The van der Waals surface area contributed by atoms with Crippen molar-refractivity contribution in [2.45, 2.75) is 18.1 Å². The van der Waals surface area contributed by atoms with Gasteiger partial charge in [-0.15, -0.1) is 0 Å². The third-order valence-electron chi connectivity index (χ3n) is 3.25. The van der Waals surface area contributed by atoms with Crippen LogP contribution in [0.4, 0.5) is 5.69 Å². The van der Waals surface area contributed by atoms with Crippen molar-refractivity contribution < 1.29 is 18.3 Å². The molecular formula is C13H15N3O4S. The Kier molecular flexibility index (Phi) is 3.34. The number of nitrogens with one attached hydrogen (secondary N) is 1. The summed E-state index contributed by atoms with van der Waals surface area (Å²) in [5, 5.41) is 9.33. The molecule has 0 spiro atoms. The van der Waals surface area contributed by atoms with Crippen LogP contribution >= 0.6 is 0 Å². The van der Waals surface area contributed by atoms with Gasteiger partial charge in [0, 0.05) is 0 Å². The monoisotopic (exact) mass is 309 g/mol.